The molecule has 0 heterocycles. The second-order valence-electron chi connectivity index (χ2n) is 4.07. The third-order valence-corrected chi connectivity index (χ3v) is 2.78. The number of methoxy groups -OCH3 is 1. The fourth-order valence-corrected chi connectivity index (χ4v) is 1.77. The van der Waals surface area contributed by atoms with E-state index in [9.17, 15) is 8.78 Å². The van der Waals surface area contributed by atoms with Gasteiger partial charge >= 0.3 is 0 Å². The lowest BCUT2D eigenvalue weighted by Crippen LogP contribution is -2.27. The second kappa shape index (κ2) is 7.35. The maximum Gasteiger partial charge on any atom is 0.159 e. The van der Waals surface area contributed by atoms with Crippen LogP contribution in [-0.4, -0.2) is 26.8 Å². The number of nitrogens with one attached hydrogen (secondary N) is 1. The highest BCUT2D eigenvalue weighted by Gasteiger charge is 2.09. The Hall–Kier alpha value is -1.00. The number of halogens is 2. The van der Waals surface area contributed by atoms with E-state index in [-0.39, 0.29) is 6.04 Å². The van der Waals surface area contributed by atoms with Crippen molar-refractivity contribution in [3.63, 3.8) is 0 Å². The van der Waals surface area contributed by atoms with Crippen LogP contribution in [0.25, 0.3) is 0 Å². The fourth-order valence-electron chi connectivity index (χ4n) is 1.77. The summed E-state index contributed by atoms with van der Waals surface area (Å²) in [6, 6.07) is 4.32. The Morgan fingerprint density at radius 2 is 2.06 bits per heavy atom. The van der Waals surface area contributed by atoms with Crippen LogP contribution < -0.4 is 5.32 Å². The first-order valence-corrected chi connectivity index (χ1v) is 5.77. The minimum Gasteiger partial charge on any atom is -0.385 e. The third-order valence-electron chi connectivity index (χ3n) is 2.78. The lowest BCUT2D eigenvalue weighted by Gasteiger charge is -2.16. The van der Waals surface area contributed by atoms with Gasteiger partial charge < -0.3 is 10.1 Å². The zero-order valence-electron chi connectivity index (χ0n) is 10.3. The lowest BCUT2D eigenvalue weighted by molar-refractivity contribution is 0.189. The second-order valence-corrected chi connectivity index (χ2v) is 4.07. The molecule has 0 saturated carbocycles. The Bertz CT molecular complexity index is 344. The average Bonchev–Trinajstić information content (AvgIpc) is 2.32. The maximum atomic E-state index is 13.0. The zero-order chi connectivity index (χ0) is 12.7. The molecule has 96 valence electrons. The van der Waals surface area contributed by atoms with Crippen molar-refractivity contribution in [2.75, 3.05) is 20.8 Å². The molecule has 0 fully saturated rings. The van der Waals surface area contributed by atoms with Gasteiger partial charge in [-0.15, -0.1) is 0 Å². The predicted octanol–water partition coefficient (Wildman–Crippen LogP) is 2.52. The van der Waals surface area contributed by atoms with E-state index in [2.05, 4.69) is 5.32 Å². The normalized spacial score (nSPS) is 12.7. The average molecular weight is 243 g/mol. The monoisotopic (exact) mass is 243 g/mol. The molecule has 0 radical (unpaired) electrons. The van der Waals surface area contributed by atoms with Crippen LogP contribution in [-0.2, 0) is 11.2 Å². The zero-order valence-corrected chi connectivity index (χ0v) is 10.3. The molecule has 1 atom stereocenters. The summed E-state index contributed by atoms with van der Waals surface area (Å²) in [5, 5.41) is 3.17. The van der Waals surface area contributed by atoms with Gasteiger partial charge in [0.1, 0.15) is 0 Å². The summed E-state index contributed by atoms with van der Waals surface area (Å²) in [7, 11) is 3.54. The van der Waals surface area contributed by atoms with E-state index >= 15 is 0 Å². The smallest absolute Gasteiger partial charge is 0.159 e. The summed E-state index contributed by atoms with van der Waals surface area (Å²) >= 11 is 0. The topological polar surface area (TPSA) is 21.3 Å². The Balaban J connectivity index is 2.51. The van der Waals surface area contributed by atoms with Crippen LogP contribution in [0.2, 0.25) is 0 Å². The molecule has 0 aromatic heterocycles. The Labute approximate surface area is 101 Å². The molecule has 2 nitrogen and oxygen atoms in total. The van der Waals surface area contributed by atoms with Crippen molar-refractivity contribution >= 4 is 0 Å². The van der Waals surface area contributed by atoms with Crippen molar-refractivity contribution in [1.82, 2.24) is 5.32 Å². The van der Waals surface area contributed by atoms with Crippen molar-refractivity contribution in [2.24, 2.45) is 0 Å². The summed E-state index contributed by atoms with van der Waals surface area (Å²) in [6.07, 6.45) is 2.59. The van der Waals surface area contributed by atoms with Crippen LogP contribution >= 0.6 is 0 Å². The van der Waals surface area contributed by atoms with E-state index < -0.39 is 11.6 Å². The van der Waals surface area contributed by atoms with E-state index in [4.69, 9.17) is 4.74 Å². The van der Waals surface area contributed by atoms with Gasteiger partial charge in [-0.2, -0.15) is 0 Å². The molecule has 1 aromatic carbocycles. The number of hydrogen-bond donors (Lipinski definition) is 1. The molecule has 0 aliphatic heterocycles. The number of benzene rings is 1. The molecule has 0 spiro atoms. The van der Waals surface area contributed by atoms with Gasteiger partial charge in [-0.25, -0.2) is 8.78 Å². The van der Waals surface area contributed by atoms with E-state index in [1.54, 1.807) is 13.2 Å². The predicted molar refractivity (Wildman–Crippen MR) is 64.0 cm³/mol. The summed E-state index contributed by atoms with van der Waals surface area (Å²) in [4.78, 5) is 0. The highest BCUT2D eigenvalue weighted by atomic mass is 19.2. The van der Waals surface area contributed by atoms with Crippen LogP contribution in [0.4, 0.5) is 8.78 Å². The Morgan fingerprint density at radius 1 is 1.29 bits per heavy atom. The SMILES string of the molecule is CNC(CCCOC)Cc1ccc(F)c(F)c1. The molecule has 0 saturated heterocycles. The fraction of sp³-hybridized carbons (Fsp3) is 0.538. The van der Waals surface area contributed by atoms with Gasteiger partial charge in [-0.05, 0) is 44.0 Å². The summed E-state index contributed by atoms with van der Waals surface area (Å²) in [6.45, 7) is 0.718. The van der Waals surface area contributed by atoms with Gasteiger partial charge in [0.2, 0.25) is 0 Å². The molecule has 0 aliphatic rings. The molecular weight excluding hydrogens is 224 g/mol. The van der Waals surface area contributed by atoms with E-state index in [1.165, 1.54) is 12.1 Å². The molecule has 0 bridgehead atoms. The van der Waals surface area contributed by atoms with Gasteiger partial charge in [0.25, 0.3) is 0 Å². The van der Waals surface area contributed by atoms with Crippen molar-refractivity contribution < 1.29 is 13.5 Å². The van der Waals surface area contributed by atoms with Crippen molar-refractivity contribution in [2.45, 2.75) is 25.3 Å². The maximum absolute atomic E-state index is 13.0. The molecule has 1 N–H and O–H groups in total. The molecule has 0 aliphatic carbocycles. The first-order valence-electron chi connectivity index (χ1n) is 5.77. The van der Waals surface area contributed by atoms with Gasteiger partial charge in [0.05, 0.1) is 0 Å². The molecular formula is C13H19F2NO. The number of rotatable bonds is 7. The van der Waals surface area contributed by atoms with Crippen LogP contribution in [0.15, 0.2) is 18.2 Å². The summed E-state index contributed by atoms with van der Waals surface area (Å²) < 4.78 is 30.8. The molecule has 1 aromatic rings. The quantitative estimate of drug-likeness (QED) is 0.743. The van der Waals surface area contributed by atoms with E-state index in [0.717, 1.165) is 25.0 Å². The highest BCUT2D eigenvalue weighted by molar-refractivity contribution is 5.18. The first-order chi connectivity index (χ1) is 8.17. The number of ether oxygens (including phenoxy) is 1. The van der Waals surface area contributed by atoms with E-state index in [1.807, 2.05) is 7.05 Å². The minimum atomic E-state index is -0.797. The van der Waals surface area contributed by atoms with Crippen molar-refractivity contribution in [3.8, 4) is 0 Å². The van der Waals surface area contributed by atoms with Crippen LogP contribution in [0.1, 0.15) is 18.4 Å². The van der Waals surface area contributed by atoms with Crippen molar-refractivity contribution in [1.29, 1.82) is 0 Å². The van der Waals surface area contributed by atoms with Gasteiger partial charge in [-0.1, -0.05) is 6.07 Å². The number of likely N-dealkylation sites (N-methyl/N-ethyl adjacent to an activating group) is 1. The standard InChI is InChI=1S/C13H19F2NO/c1-16-11(4-3-7-17-2)8-10-5-6-12(14)13(15)9-10/h5-6,9,11,16H,3-4,7-8H2,1-2H3. The lowest BCUT2D eigenvalue weighted by atomic mass is 10.0. The first kappa shape index (κ1) is 14.1. The Morgan fingerprint density at radius 3 is 2.65 bits per heavy atom. The van der Waals surface area contributed by atoms with E-state index in [0.29, 0.717) is 6.42 Å². The third kappa shape index (κ3) is 4.79. The molecule has 1 rings (SSSR count). The molecule has 17 heavy (non-hydrogen) atoms. The van der Waals surface area contributed by atoms with Gasteiger partial charge in [0.15, 0.2) is 11.6 Å². The molecule has 1 unspecified atom stereocenters. The van der Waals surface area contributed by atoms with Crippen LogP contribution in [0.5, 0.6) is 0 Å². The van der Waals surface area contributed by atoms with Crippen LogP contribution in [0, 0.1) is 11.6 Å². The highest BCUT2D eigenvalue weighted by Crippen LogP contribution is 2.12. The molecule has 4 heteroatoms. The number of hydrogen-bond acceptors (Lipinski definition) is 2. The van der Waals surface area contributed by atoms with Gasteiger partial charge in [-0.3, -0.25) is 0 Å². The molecule has 0 amide bonds. The largest absolute Gasteiger partial charge is 0.385 e. The summed E-state index contributed by atoms with van der Waals surface area (Å²) in [5.74, 6) is -1.58. The van der Waals surface area contributed by atoms with Crippen LogP contribution in [0.3, 0.4) is 0 Å². The van der Waals surface area contributed by atoms with Crippen molar-refractivity contribution in [3.05, 3.63) is 35.4 Å². The minimum absolute atomic E-state index is 0.259. The Kier molecular flexibility index (Phi) is 6.08. The summed E-state index contributed by atoms with van der Waals surface area (Å²) in [5.41, 5.74) is 0.806. The van der Waals surface area contributed by atoms with Gasteiger partial charge in [0, 0.05) is 19.8 Å².